The van der Waals surface area contributed by atoms with Gasteiger partial charge < -0.3 is 0 Å². The molecule has 28 heavy (non-hydrogen) atoms. The highest BCUT2D eigenvalue weighted by Gasteiger charge is 2.70. The van der Waals surface area contributed by atoms with E-state index in [-0.39, 0.29) is 19.3 Å². The molecule has 2 rings (SSSR count). The summed E-state index contributed by atoms with van der Waals surface area (Å²) in [7, 11) is 0. The predicted octanol–water partition coefficient (Wildman–Crippen LogP) is 7.59. The standard InChI is InChI=1S/C19H21F9/c1-15(2,17(20,21)22)11-12-4-3-5-14(10-12)13-6-8-16(9-7-13,18(23,24)25)19(26,27)28/h3-5,10,13H,6-9,11H2,1-2H3. The Bertz CT molecular complexity index is 656. The first kappa shape index (κ1) is 22.9. The van der Waals surface area contributed by atoms with Crippen LogP contribution in [0.5, 0.6) is 0 Å². The van der Waals surface area contributed by atoms with Crippen LogP contribution in [0.3, 0.4) is 0 Å². The lowest BCUT2D eigenvalue weighted by atomic mass is 9.67. The molecule has 160 valence electrons. The zero-order chi connectivity index (χ0) is 21.6. The van der Waals surface area contributed by atoms with Crippen LogP contribution in [0.2, 0.25) is 0 Å². The summed E-state index contributed by atoms with van der Waals surface area (Å²) in [6.07, 6.45) is -18.4. The first-order valence-electron chi connectivity index (χ1n) is 8.79. The molecule has 0 saturated heterocycles. The highest BCUT2D eigenvalue weighted by molar-refractivity contribution is 5.28. The molecule has 0 unspecified atom stereocenters. The van der Waals surface area contributed by atoms with Gasteiger partial charge in [-0.3, -0.25) is 0 Å². The van der Waals surface area contributed by atoms with Crippen LogP contribution in [0.25, 0.3) is 0 Å². The molecule has 1 aliphatic carbocycles. The van der Waals surface area contributed by atoms with Crippen molar-refractivity contribution in [3.05, 3.63) is 35.4 Å². The second-order valence-electron chi connectivity index (χ2n) is 8.16. The van der Waals surface area contributed by atoms with E-state index in [1.165, 1.54) is 18.2 Å². The summed E-state index contributed by atoms with van der Waals surface area (Å²) in [6.45, 7) is 2.09. The van der Waals surface area contributed by atoms with Gasteiger partial charge in [-0.2, -0.15) is 39.5 Å². The molecule has 1 aromatic carbocycles. The highest BCUT2D eigenvalue weighted by atomic mass is 19.4. The summed E-state index contributed by atoms with van der Waals surface area (Å²) in [5.41, 5.74) is -4.89. The minimum atomic E-state index is -5.39. The van der Waals surface area contributed by atoms with E-state index in [0.717, 1.165) is 13.8 Å². The van der Waals surface area contributed by atoms with Crippen LogP contribution in [0.4, 0.5) is 39.5 Å². The monoisotopic (exact) mass is 420 g/mol. The molecule has 0 heterocycles. The van der Waals surface area contributed by atoms with Crippen molar-refractivity contribution >= 4 is 0 Å². The SMILES string of the molecule is CC(C)(Cc1cccc(C2CCC(C(F)(F)F)(C(F)(F)F)CC2)c1)C(F)(F)F. The van der Waals surface area contributed by atoms with Gasteiger partial charge in [-0.1, -0.05) is 38.1 Å². The Morgan fingerprint density at radius 1 is 0.857 bits per heavy atom. The van der Waals surface area contributed by atoms with Gasteiger partial charge in [-0.15, -0.1) is 0 Å². The third kappa shape index (κ3) is 4.27. The summed E-state index contributed by atoms with van der Waals surface area (Å²) in [5.74, 6) is -0.549. The molecule has 0 atom stereocenters. The van der Waals surface area contributed by atoms with Crippen molar-refractivity contribution in [2.24, 2.45) is 10.8 Å². The fourth-order valence-corrected chi connectivity index (χ4v) is 3.74. The largest absolute Gasteiger partial charge is 0.403 e. The van der Waals surface area contributed by atoms with Crippen LogP contribution >= 0.6 is 0 Å². The Labute approximate surface area is 157 Å². The third-order valence-electron chi connectivity index (χ3n) is 5.76. The van der Waals surface area contributed by atoms with E-state index >= 15 is 0 Å². The fraction of sp³-hybridized carbons (Fsp3) is 0.684. The van der Waals surface area contributed by atoms with Crippen molar-refractivity contribution in [3.63, 3.8) is 0 Å². The summed E-state index contributed by atoms with van der Waals surface area (Å²) in [6, 6.07) is 5.98. The van der Waals surface area contributed by atoms with E-state index in [4.69, 9.17) is 0 Å². The van der Waals surface area contributed by atoms with Crippen LogP contribution in [0.1, 0.15) is 56.6 Å². The molecule has 0 bridgehead atoms. The first-order valence-corrected chi connectivity index (χ1v) is 8.79. The van der Waals surface area contributed by atoms with Crippen LogP contribution in [0, 0.1) is 10.8 Å². The Kier molecular flexibility index (Phi) is 5.82. The first-order chi connectivity index (χ1) is 12.5. The van der Waals surface area contributed by atoms with Gasteiger partial charge in [-0.25, -0.2) is 0 Å². The molecular formula is C19H21F9. The maximum Gasteiger partial charge on any atom is 0.403 e. The van der Waals surface area contributed by atoms with Gasteiger partial charge in [0.25, 0.3) is 0 Å². The van der Waals surface area contributed by atoms with Crippen LogP contribution in [-0.2, 0) is 6.42 Å². The van der Waals surface area contributed by atoms with Crippen LogP contribution in [0.15, 0.2) is 24.3 Å². The van der Waals surface area contributed by atoms with Gasteiger partial charge in [0.1, 0.15) is 0 Å². The summed E-state index contributed by atoms with van der Waals surface area (Å²) < 4.78 is 118. The third-order valence-corrected chi connectivity index (χ3v) is 5.76. The lowest BCUT2D eigenvalue weighted by Crippen LogP contribution is -2.51. The van der Waals surface area contributed by atoms with Crippen molar-refractivity contribution in [2.75, 3.05) is 0 Å². The molecule has 0 aliphatic heterocycles. The Morgan fingerprint density at radius 3 is 1.79 bits per heavy atom. The van der Waals surface area contributed by atoms with Crippen molar-refractivity contribution in [3.8, 4) is 0 Å². The van der Waals surface area contributed by atoms with Gasteiger partial charge in [0, 0.05) is 0 Å². The molecular weight excluding hydrogens is 399 g/mol. The highest BCUT2D eigenvalue weighted by Crippen LogP contribution is 2.60. The smallest absolute Gasteiger partial charge is 0.171 e. The number of halogens is 9. The molecule has 9 heteroatoms. The van der Waals surface area contributed by atoms with Crippen molar-refractivity contribution in [1.82, 2.24) is 0 Å². The van der Waals surface area contributed by atoms with Crippen LogP contribution in [-0.4, -0.2) is 18.5 Å². The molecule has 0 nitrogen and oxygen atoms in total. The van der Waals surface area contributed by atoms with Gasteiger partial charge in [-0.05, 0) is 49.1 Å². The molecule has 0 amide bonds. The second kappa shape index (κ2) is 7.13. The molecule has 1 aromatic rings. The number of hydrogen-bond donors (Lipinski definition) is 0. The molecule has 0 N–H and O–H groups in total. The maximum absolute atomic E-state index is 13.2. The van der Waals surface area contributed by atoms with E-state index in [1.807, 2.05) is 0 Å². The molecule has 0 spiro atoms. The quantitative estimate of drug-likeness (QED) is 0.442. The fourth-order valence-electron chi connectivity index (χ4n) is 3.74. The average Bonchev–Trinajstić information content (AvgIpc) is 2.51. The Morgan fingerprint density at radius 2 is 1.36 bits per heavy atom. The zero-order valence-electron chi connectivity index (χ0n) is 15.3. The lowest BCUT2D eigenvalue weighted by Gasteiger charge is -2.42. The van der Waals surface area contributed by atoms with Crippen molar-refractivity contribution in [1.29, 1.82) is 0 Å². The molecule has 1 fully saturated rings. The van der Waals surface area contributed by atoms with E-state index in [0.29, 0.717) is 11.1 Å². The number of alkyl halides is 9. The minimum absolute atomic E-state index is 0.327. The average molecular weight is 420 g/mol. The van der Waals surface area contributed by atoms with Gasteiger partial charge in [0.05, 0.1) is 5.41 Å². The molecule has 1 saturated carbocycles. The van der Waals surface area contributed by atoms with Gasteiger partial charge >= 0.3 is 18.5 Å². The predicted molar refractivity (Wildman–Crippen MR) is 85.7 cm³/mol. The second-order valence-corrected chi connectivity index (χ2v) is 8.16. The number of hydrogen-bond acceptors (Lipinski definition) is 0. The summed E-state index contributed by atoms with van der Waals surface area (Å²) in [4.78, 5) is 0. The van der Waals surface area contributed by atoms with Crippen LogP contribution < -0.4 is 0 Å². The molecule has 0 radical (unpaired) electrons. The topological polar surface area (TPSA) is 0 Å². The van der Waals surface area contributed by atoms with E-state index < -0.39 is 48.1 Å². The normalized spacial score (nSPS) is 19.7. The van der Waals surface area contributed by atoms with E-state index in [2.05, 4.69) is 0 Å². The maximum atomic E-state index is 13.2. The molecule has 1 aliphatic rings. The molecule has 0 aromatic heterocycles. The number of benzene rings is 1. The Hall–Kier alpha value is -1.41. The summed E-state index contributed by atoms with van der Waals surface area (Å²) >= 11 is 0. The number of rotatable bonds is 3. The Balaban J connectivity index is 2.20. The summed E-state index contributed by atoms with van der Waals surface area (Å²) in [5, 5.41) is 0. The van der Waals surface area contributed by atoms with Crippen molar-refractivity contribution < 1.29 is 39.5 Å². The minimum Gasteiger partial charge on any atom is -0.171 e. The zero-order valence-corrected chi connectivity index (χ0v) is 15.3. The van der Waals surface area contributed by atoms with E-state index in [9.17, 15) is 39.5 Å². The van der Waals surface area contributed by atoms with E-state index in [1.54, 1.807) is 6.07 Å². The van der Waals surface area contributed by atoms with Gasteiger partial charge in [0.2, 0.25) is 0 Å². The lowest BCUT2D eigenvalue weighted by molar-refractivity contribution is -0.350. The van der Waals surface area contributed by atoms with Crippen molar-refractivity contribution in [2.45, 2.75) is 70.4 Å². The van der Waals surface area contributed by atoms with Gasteiger partial charge in [0.15, 0.2) is 5.41 Å².